The first kappa shape index (κ1) is 10.7. The fraction of sp³-hybridized carbons (Fsp3) is 0.300. The fourth-order valence-corrected chi connectivity index (χ4v) is 1.08. The minimum Gasteiger partial charge on any atom is -0.375 e. The Morgan fingerprint density at radius 1 is 1.57 bits per heavy atom. The lowest BCUT2D eigenvalue weighted by atomic mass is 10.2. The van der Waals surface area contributed by atoms with Crippen LogP contribution in [0, 0.1) is 12.7 Å². The predicted octanol–water partition coefficient (Wildman–Crippen LogP) is 1.72. The first-order valence-electron chi connectivity index (χ1n) is 4.18. The van der Waals surface area contributed by atoms with E-state index in [1.54, 1.807) is 6.92 Å². The van der Waals surface area contributed by atoms with E-state index in [0.717, 1.165) is 0 Å². The molecule has 0 heterocycles. The molecule has 0 saturated heterocycles. The summed E-state index contributed by atoms with van der Waals surface area (Å²) in [5.41, 5.74) is 1.29. The number of ether oxygens (including phenoxy) is 1. The Kier molecular flexibility index (Phi) is 3.59. The normalized spacial score (nSPS) is 9.93. The van der Waals surface area contributed by atoms with Gasteiger partial charge < -0.3 is 10.1 Å². The summed E-state index contributed by atoms with van der Waals surface area (Å²) in [6.45, 7) is 1.72. The van der Waals surface area contributed by atoms with Crippen LogP contribution in [0.1, 0.15) is 5.56 Å². The van der Waals surface area contributed by atoms with Crippen molar-refractivity contribution in [2.24, 2.45) is 0 Å². The average molecular weight is 197 g/mol. The van der Waals surface area contributed by atoms with Crippen molar-refractivity contribution in [1.82, 2.24) is 0 Å². The zero-order chi connectivity index (χ0) is 10.6. The Morgan fingerprint density at radius 3 is 2.86 bits per heavy atom. The lowest BCUT2D eigenvalue weighted by Crippen LogP contribution is -2.17. The van der Waals surface area contributed by atoms with E-state index in [4.69, 9.17) is 0 Å². The summed E-state index contributed by atoms with van der Waals surface area (Å²) >= 11 is 0. The van der Waals surface area contributed by atoms with E-state index in [0.29, 0.717) is 11.3 Å². The molecule has 0 radical (unpaired) electrons. The lowest BCUT2D eigenvalue weighted by molar-refractivity contribution is -0.119. The average Bonchev–Trinajstić information content (AvgIpc) is 2.10. The number of hydrogen-bond donors (Lipinski definition) is 1. The molecule has 3 nitrogen and oxygen atoms in total. The highest BCUT2D eigenvalue weighted by atomic mass is 19.1. The molecule has 0 bridgehead atoms. The third-order valence-corrected chi connectivity index (χ3v) is 1.74. The second-order valence-electron chi connectivity index (χ2n) is 2.94. The van der Waals surface area contributed by atoms with Gasteiger partial charge in [-0.25, -0.2) is 4.39 Å². The Balaban J connectivity index is 2.72. The van der Waals surface area contributed by atoms with Crippen molar-refractivity contribution in [2.45, 2.75) is 6.92 Å². The maximum atomic E-state index is 12.7. The number of amides is 1. The molecule has 14 heavy (non-hydrogen) atoms. The van der Waals surface area contributed by atoms with Crippen molar-refractivity contribution < 1.29 is 13.9 Å². The van der Waals surface area contributed by atoms with Crippen LogP contribution < -0.4 is 5.32 Å². The molecule has 0 atom stereocenters. The molecule has 0 saturated carbocycles. The van der Waals surface area contributed by atoms with E-state index < -0.39 is 0 Å². The smallest absolute Gasteiger partial charge is 0.250 e. The van der Waals surface area contributed by atoms with E-state index >= 15 is 0 Å². The Labute approximate surface area is 81.9 Å². The van der Waals surface area contributed by atoms with Crippen molar-refractivity contribution in [3.63, 3.8) is 0 Å². The van der Waals surface area contributed by atoms with Crippen molar-refractivity contribution in [2.75, 3.05) is 19.0 Å². The molecule has 1 rings (SSSR count). The van der Waals surface area contributed by atoms with Gasteiger partial charge in [0.1, 0.15) is 12.4 Å². The second kappa shape index (κ2) is 4.72. The van der Waals surface area contributed by atoms with Crippen LogP contribution >= 0.6 is 0 Å². The first-order valence-corrected chi connectivity index (χ1v) is 4.18. The van der Waals surface area contributed by atoms with Gasteiger partial charge in [0.15, 0.2) is 0 Å². The van der Waals surface area contributed by atoms with Crippen molar-refractivity contribution in [1.29, 1.82) is 0 Å². The molecule has 0 fully saturated rings. The van der Waals surface area contributed by atoms with Crippen LogP contribution in [0.25, 0.3) is 0 Å². The highest BCUT2D eigenvalue weighted by Gasteiger charge is 2.04. The number of hydrogen-bond acceptors (Lipinski definition) is 2. The predicted molar refractivity (Wildman–Crippen MR) is 51.6 cm³/mol. The van der Waals surface area contributed by atoms with Gasteiger partial charge in [-0.2, -0.15) is 0 Å². The minimum atomic E-state index is -0.313. The molecule has 1 amide bonds. The number of anilines is 1. The Morgan fingerprint density at radius 2 is 2.29 bits per heavy atom. The highest BCUT2D eigenvalue weighted by Crippen LogP contribution is 2.15. The van der Waals surface area contributed by atoms with Crippen LogP contribution in [0.5, 0.6) is 0 Å². The van der Waals surface area contributed by atoms with Gasteiger partial charge in [-0.3, -0.25) is 4.79 Å². The quantitative estimate of drug-likeness (QED) is 0.801. The number of nitrogens with one attached hydrogen (secondary N) is 1. The lowest BCUT2D eigenvalue weighted by Gasteiger charge is -2.07. The summed E-state index contributed by atoms with van der Waals surface area (Å²) < 4.78 is 17.3. The van der Waals surface area contributed by atoms with E-state index in [-0.39, 0.29) is 18.3 Å². The van der Waals surface area contributed by atoms with E-state index in [1.807, 2.05) is 0 Å². The molecule has 4 heteroatoms. The maximum absolute atomic E-state index is 12.7. The Hall–Kier alpha value is -1.42. The van der Waals surface area contributed by atoms with Crippen molar-refractivity contribution in [3.8, 4) is 0 Å². The zero-order valence-corrected chi connectivity index (χ0v) is 8.13. The number of rotatable bonds is 3. The zero-order valence-electron chi connectivity index (χ0n) is 8.13. The number of halogens is 1. The summed E-state index contributed by atoms with van der Waals surface area (Å²) in [5, 5.41) is 2.61. The second-order valence-corrected chi connectivity index (χ2v) is 2.94. The number of carbonyl (C=O) groups is 1. The van der Waals surface area contributed by atoms with E-state index in [9.17, 15) is 9.18 Å². The summed E-state index contributed by atoms with van der Waals surface area (Å²) in [5.74, 6) is -0.561. The molecule has 0 aromatic heterocycles. The molecule has 1 aromatic rings. The summed E-state index contributed by atoms with van der Waals surface area (Å²) in [7, 11) is 1.44. The van der Waals surface area contributed by atoms with Gasteiger partial charge in [-0.05, 0) is 30.7 Å². The summed E-state index contributed by atoms with van der Waals surface area (Å²) in [4.78, 5) is 11.1. The molecule has 0 aliphatic carbocycles. The van der Waals surface area contributed by atoms with Gasteiger partial charge in [0.2, 0.25) is 5.91 Å². The number of methoxy groups -OCH3 is 1. The SMILES string of the molecule is COCC(=O)Nc1ccc(F)cc1C. The third kappa shape index (κ3) is 2.81. The van der Waals surface area contributed by atoms with Crippen LogP contribution in [0.15, 0.2) is 18.2 Å². The van der Waals surface area contributed by atoms with Gasteiger partial charge >= 0.3 is 0 Å². The minimum absolute atomic E-state index is 0.00316. The maximum Gasteiger partial charge on any atom is 0.250 e. The van der Waals surface area contributed by atoms with E-state index in [1.165, 1.54) is 25.3 Å². The third-order valence-electron chi connectivity index (χ3n) is 1.74. The van der Waals surface area contributed by atoms with Crippen LogP contribution in [0.3, 0.4) is 0 Å². The molecular formula is C10H12FNO2. The molecular weight excluding hydrogens is 185 g/mol. The molecule has 76 valence electrons. The van der Waals surface area contributed by atoms with Gasteiger partial charge in [-0.15, -0.1) is 0 Å². The highest BCUT2D eigenvalue weighted by molar-refractivity contribution is 5.92. The Bertz CT molecular complexity index is 339. The molecule has 1 N–H and O–H groups in total. The largest absolute Gasteiger partial charge is 0.375 e. The molecule has 0 aliphatic heterocycles. The molecule has 1 aromatic carbocycles. The topological polar surface area (TPSA) is 38.3 Å². The van der Waals surface area contributed by atoms with Gasteiger partial charge in [0.25, 0.3) is 0 Å². The van der Waals surface area contributed by atoms with Gasteiger partial charge in [-0.1, -0.05) is 0 Å². The van der Waals surface area contributed by atoms with Crippen molar-refractivity contribution in [3.05, 3.63) is 29.6 Å². The summed E-state index contributed by atoms with van der Waals surface area (Å²) in [6, 6.07) is 4.19. The number of aryl methyl sites for hydroxylation is 1. The van der Waals surface area contributed by atoms with Crippen LogP contribution in [0.2, 0.25) is 0 Å². The molecule has 0 aliphatic rings. The van der Waals surface area contributed by atoms with Gasteiger partial charge in [0, 0.05) is 12.8 Å². The van der Waals surface area contributed by atoms with Crippen LogP contribution in [-0.4, -0.2) is 19.6 Å². The standard InChI is InChI=1S/C10H12FNO2/c1-7-5-8(11)3-4-9(7)12-10(13)6-14-2/h3-5H,6H2,1-2H3,(H,12,13). The van der Waals surface area contributed by atoms with E-state index in [2.05, 4.69) is 10.1 Å². The van der Waals surface area contributed by atoms with Gasteiger partial charge in [0.05, 0.1) is 0 Å². The van der Waals surface area contributed by atoms with Crippen molar-refractivity contribution >= 4 is 11.6 Å². The van der Waals surface area contributed by atoms with Crippen LogP contribution in [0.4, 0.5) is 10.1 Å². The first-order chi connectivity index (χ1) is 6.63. The summed E-state index contributed by atoms with van der Waals surface area (Å²) in [6.07, 6.45) is 0. The number of benzene rings is 1. The molecule has 0 spiro atoms. The van der Waals surface area contributed by atoms with Crippen LogP contribution in [-0.2, 0) is 9.53 Å². The monoisotopic (exact) mass is 197 g/mol. The fourth-order valence-electron chi connectivity index (χ4n) is 1.08. The molecule has 0 unspecified atom stereocenters. The number of carbonyl (C=O) groups excluding carboxylic acids is 1.